The van der Waals surface area contributed by atoms with E-state index in [2.05, 4.69) is 15.6 Å². The number of benzene rings is 1. The lowest BCUT2D eigenvalue weighted by Crippen LogP contribution is -2.32. The average molecular weight is 262 g/mol. The Labute approximate surface area is 112 Å². The maximum Gasteiger partial charge on any atom is 0.239 e. The predicted octanol–water partition coefficient (Wildman–Crippen LogP) is 0.878. The monoisotopic (exact) mass is 262 g/mol. The summed E-state index contributed by atoms with van der Waals surface area (Å²) in [5.41, 5.74) is 1.93. The van der Waals surface area contributed by atoms with E-state index in [4.69, 9.17) is 0 Å². The van der Waals surface area contributed by atoms with Crippen LogP contribution < -0.4 is 10.6 Å². The van der Waals surface area contributed by atoms with Crippen molar-refractivity contribution in [2.45, 2.75) is 0 Å². The zero-order valence-corrected chi connectivity index (χ0v) is 11.3. The Kier molecular flexibility index (Phi) is 5.53. The first-order chi connectivity index (χ1) is 9.10. The average Bonchev–Trinajstić information content (AvgIpc) is 2.44. The van der Waals surface area contributed by atoms with Gasteiger partial charge in [-0.25, -0.2) is 4.99 Å². The number of nitrogens with one attached hydrogen (secondary N) is 2. The number of nitrogens with zero attached hydrogens (tertiary/aromatic N) is 2. The number of amides is 1. The molecule has 1 aromatic rings. The summed E-state index contributed by atoms with van der Waals surface area (Å²) in [5.74, 6) is -0.103. The molecule has 6 heteroatoms. The van der Waals surface area contributed by atoms with E-state index in [9.17, 15) is 9.59 Å². The Hall–Kier alpha value is -2.37. The van der Waals surface area contributed by atoms with Gasteiger partial charge in [0.15, 0.2) is 6.29 Å². The SMILES string of the molecule is CNC(=O)CN(C)C=Nc1cc(NC)ccc1C=O. The van der Waals surface area contributed by atoms with E-state index < -0.39 is 0 Å². The minimum Gasteiger partial charge on any atom is -0.388 e. The summed E-state index contributed by atoms with van der Waals surface area (Å²) < 4.78 is 0. The van der Waals surface area contributed by atoms with Crippen LogP contribution >= 0.6 is 0 Å². The molecule has 102 valence electrons. The number of carbonyl (C=O) groups excluding carboxylic acids is 2. The molecule has 0 aliphatic carbocycles. The number of hydrogen-bond donors (Lipinski definition) is 2. The lowest BCUT2D eigenvalue weighted by atomic mass is 10.2. The van der Waals surface area contributed by atoms with Gasteiger partial charge in [-0.15, -0.1) is 0 Å². The topological polar surface area (TPSA) is 73.8 Å². The lowest BCUT2D eigenvalue weighted by Gasteiger charge is -2.11. The quantitative estimate of drug-likeness (QED) is 0.453. The number of aliphatic imine (C=N–C) groups is 1. The van der Waals surface area contributed by atoms with Crippen LogP contribution in [-0.4, -0.2) is 51.1 Å². The fourth-order valence-corrected chi connectivity index (χ4v) is 1.42. The lowest BCUT2D eigenvalue weighted by molar-refractivity contribution is -0.120. The highest BCUT2D eigenvalue weighted by molar-refractivity contribution is 5.86. The minimum absolute atomic E-state index is 0.103. The van der Waals surface area contributed by atoms with Crippen LogP contribution in [0, 0.1) is 0 Å². The second kappa shape index (κ2) is 7.15. The largest absolute Gasteiger partial charge is 0.388 e. The third-order valence-electron chi connectivity index (χ3n) is 2.51. The van der Waals surface area contributed by atoms with Gasteiger partial charge in [0.2, 0.25) is 5.91 Å². The molecule has 0 aliphatic heterocycles. The minimum atomic E-state index is -0.103. The summed E-state index contributed by atoms with van der Waals surface area (Å²) in [6.45, 7) is 0.210. The van der Waals surface area contributed by atoms with Gasteiger partial charge in [0, 0.05) is 32.4 Å². The Morgan fingerprint density at radius 2 is 2.16 bits per heavy atom. The highest BCUT2D eigenvalue weighted by Gasteiger charge is 2.03. The number of aldehydes is 1. The highest BCUT2D eigenvalue weighted by Crippen LogP contribution is 2.21. The zero-order valence-electron chi connectivity index (χ0n) is 11.3. The van der Waals surface area contributed by atoms with Gasteiger partial charge in [-0.2, -0.15) is 0 Å². The molecule has 0 atom stereocenters. The molecule has 0 spiro atoms. The second-order valence-electron chi connectivity index (χ2n) is 3.97. The Morgan fingerprint density at radius 1 is 1.42 bits per heavy atom. The van der Waals surface area contributed by atoms with Crippen molar-refractivity contribution in [2.24, 2.45) is 4.99 Å². The van der Waals surface area contributed by atoms with Crippen LogP contribution in [0.3, 0.4) is 0 Å². The molecule has 1 amide bonds. The Morgan fingerprint density at radius 3 is 2.74 bits per heavy atom. The van der Waals surface area contributed by atoms with Crippen LogP contribution in [0.15, 0.2) is 23.2 Å². The Bertz CT molecular complexity index is 486. The van der Waals surface area contributed by atoms with E-state index in [0.29, 0.717) is 11.3 Å². The number of rotatable bonds is 6. The summed E-state index contributed by atoms with van der Waals surface area (Å²) in [6.07, 6.45) is 2.28. The molecule has 6 nitrogen and oxygen atoms in total. The molecule has 2 N–H and O–H groups in total. The van der Waals surface area contributed by atoms with E-state index in [0.717, 1.165) is 12.0 Å². The molecular weight excluding hydrogens is 244 g/mol. The molecule has 0 fully saturated rings. The van der Waals surface area contributed by atoms with Gasteiger partial charge in [0.05, 0.1) is 18.6 Å². The maximum absolute atomic E-state index is 11.2. The highest BCUT2D eigenvalue weighted by atomic mass is 16.1. The standard InChI is InChI=1S/C13H18N4O2/c1-14-11-5-4-10(8-18)12(6-11)16-9-17(3)7-13(19)15-2/h4-6,8-9,14H,7H2,1-3H3,(H,15,19). The molecule has 0 heterocycles. The van der Waals surface area contributed by atoms with Crippen molar-refractivity contribution in [3.63, 3.8) is 0 Å². The molecule has 19 heavy (non-hydrogen) atoms. The number of likely N-dealkylation sites (N-methyl/N-ethyl adjacent to an activating group) is 2. The molecule has 1 rings (SSSR count). The molecule has 0 aliphatic rings. The molecule has 0 saturated carbocycles. The van der Waals surface area contributed by atoms with Gasteiger partial charge in [0.25, 0.3) is 0 Å². The predicted molar refractivity (Wildman–Crippen MR) is 76.2 cm³/mol. The summed E-state index contributed by atoms with van der Waals surface area (Å²) in [4.78, 5) is 28.0. The van der Waals surface area contributed by atoms with Gasteiger partial charge in [-0.1, -0.05) is 0 Å². The van der Waals surface area contributed by atoms with Crippen molar-refractivity contribution in [1.82, 2.24) is 10.2 Å². The van der Waals surface area contributed by atoms with Crippen molar-refractivity contribution < 1.29 is 9.59 Å². The molecule has 0 unspecified atom stereocenters. The number of hydrogen-bond acceptors (Lipinski definition) is 4. The summed E-state index contributed by atoms with van der Waals surface area (Å²) >= 11 is 0. The van der Waals surface area contributed by atoms with Crippen molar-refractivity contribution in [3.8, 4) is 0 Å². The van der Waals surface area contributed by atoms with Gasteiger partial charge >= 0.3 is 0 Å². The molecule has 0 bridgehead atoms. The van der Waals surface area contributed by atoms with Crippen molar-refractivity contribution >= 4 is 29.9 Å². The van der Waals surface area contributed by atoms with Crippen LogP contribution in [0.2, 0.25) is 0 Å². The summed E-state index contributed by atoms with van der Waals surface area (Å²) in [5, 5.41) is 5.51. The molecule has 0 radical (unpaired) electrons. The Balaban J connectivity index is 2.84. The van der Waals surface area contributed by atoms with Gasteiger partial charge in [-0.3, -0.25) is 9.59 Å². The van der Waals surface area contributed by atoms with E-state index >= 15 is 0 Å². The van der Waals surface area contributed by atoms with E-state index in [1.165, 1.54) is 6.34 Å². The summed E-state index contributed by atoms with van der Waals surface area (Å²) in [6, 6.07) is 5.27. The molecule has 0 saturated heterocycles. The van der Waals surface area contributed by atoms with E-state index in [-0.39, 0.29) is 12.5 Å². The van der Waals surface area contributed by atoms with Crippen LogP contribution in [0.4, 0.5) is 11.4 Å². The third-order valence-corrected chi connectivity index (χ3v) is 2.51. The van der Waals surface area contributed by atoms with E-state index in [1.807, 2.05) is 0 Å². The molecular formula is C13H18N4O2. The van der Waals surface area contributed by atoms with E-state index in [1.54, 1.807) is 44.2 Å². The normalized spacial score (nSPS) is 10.3. The van der Waals surface area contributed by atoms with Crippen molar-refractivity contribution in [3.05, 3.63) is 23.8 Å². The number of anilines is 1. The first-order valence-electron chi connectivity index (χ1n) is 5.82. The molecule has 1 aromatic carbocycles. The van der Waals surface area contributed by atoms with Gasteiger partial charge < -0.3 is 15.5 Å². The van der Waals surface area contributed by atoms with Crippen LogP contribution in [0.25, 0.3) is 0 Å². The summed E-state index contributed by atoms with van der Waals surface area (Å²) in [7, 11) is 5.11. The van der Waals surface area contributed by atoms with Crippen molar-refractivity contribution in [2.75, 3.05) is 33.0 Å². The molecule has 0 aromatic heterocycles. The first-order valence-corrected chi connectivity index (χ1v) is 5.82. The number of carbonyl (C=O) groups is 2. The fraction of sp³-hybridized carbons (Fsp3) is 0.308. The van der Waals surface area contributed by atoms with Crippen molar-refractivity contribution in [1.29, 1.82) is 0 Å². The smallest absolute Gasteiger partial charge is 0.239 e. The van der Waals surface area contributed by atoms with Gasteiger partial charge in [0.1, 0.15) is 0 Å². The second-order valence-corrected chi connectivity index (χ2v) is 3.97. The first kappa shape index (κ1) is 14.7. The zero-order chi connectivity index (χ0) is 14.3. The maximum atomic E-state index is 11.2. The van der Waals surface area contributed by atoms with Crippen LogP contribution in [-0.2, 0) is 4.79 Å². The van der Waals surface area contributed by atoms with Crippen LogP contribution in [0.5, 0.6) is 0 Å². The fourth-order valence-electron chi connectivity index (χ4n) is 1.42. The third kappa shape index (κ3) is 4.42. The van der Waals surface area contributed by atoms with Crippen LogP contribution in [0.1, 0.15) is 10.4 Å². The van der Waals surface area contributed by atoms with Gasteiger partial charge in [-0.05, 0) is 18.2 Å².